The van der Waals surface area contributed by atoms with Crippen molar-refractivity contribution >= 4 is 18.4 Å². The van der Waals surface area contributed by atoms with Crippen LogP contribution >= 0.6 is 12.4 Å². The van der Waals surface area contributed by atoms with Gasteiger partial charge in [-0.15, -0.1) is 12.4 Å². The first kappa shape index (κ1) is 16.3. The summed E-state index contributed by atoms with van der Waals surface area (Å²) >= 11 is 0. The quantitative estimate of drug-likeness (QED) is 0.517. The molecule has 0 fully saturated rings. The number of carboxylic acid groups (broad SMARTS) is 1. The number of hydrogen-bond acceptors (Lipinski definition) is 1. The monoisotopic (exact) mass is 154 g/mol. The Hall–Kier alpha value is 0.254. The van der Waals surface area contributed by atoms with Crippen molar-refractivity contribution < 1.29 is 26.4 Å². The minimum atomic E-state index is -0.833. The van der Waals surface area contributed by atoms with E-state index in [2.05, 4.69) is 0 Å². The maximum atomic E-state index is 9.00. The third-order valence-corrected chi connectivity index (χ3v) is 0. The second kappa shape index (κ2) is 8.98. The molecule has 0 rings (SSSR count). The van der Waals surface area contributed by atoms with Crippen LogP contribution in [0.25, 0.3) is 0 Å². The number of carboxylic acids is 1. The van der Waals surface area contributed by atoms with Gasteiger partial charge in [0, 0.05) is 23.4 Å². The number of aliphatic carboxylic acids is 1. The summed E-state index contributed by atoms with van der Waals surface area (Å²) in [4.78, 5) is 9.00. The molecule has 0 aliphatic heterocycles. The first-order valence-corrected chi connectivity index (χ1v) is 0.928. The van der Waals surface area contributed by atoms with E-state index in [0.717, 1.165) is 6.92 Å². The predicted molar refractivity (Wildman–Crippen MR) is 20.6 cm³/mol. The van der Waals surface area contributed by atoms with E-state index in [1.54, 1.807) is 0 Å². The molecule has 0 heterocycles. The molecule has 0 aromatic carbocycles. The van der Waals surface area contributed by atoms with E-state index in [0.29, 0.717) is 0 Å². The second-order valence-electron chi connectivity index (χ2n) is 0.519. The number of rotatable bonds is 0. The molecule has 0 aromatic rings. The Morgan fingerprint density at radius 2 is 1.67 bits per heavy atom. The average Bonchev–Trinajstić information content (AvgIpc) is 0.811. The Morgan fingerprint density at radius 3 is 1.67 bits per heavy atom. The van der Waals surface area contributed by atoms with Gasteiger partial charge in [-0.25, -0.2) is 0 Å². The Balaban J connectivity index is -0.0000000450. The van der Waals surface area contributed by atoms with Crippen molar-refractivity contribution in [2.45, 2.75) is 6.92 Å². The maximum Gasteiger partial charge on any atom is 0.300 e. The van der Waals surface area contributed by atoms with Crippen LogP contribution in [-0.2, 0) is 21.3 Å². The summed E-state index contributed by atoms with van der Waals surface area (Å²) in [7, 11) is 0. The first-order chi connectivity index (χ1) is 1.73. The zero-order valence-corrected chi connectivity index (χ0v) is 4.88. The molecule has 1 N–H and O–H groups in total. The van der Waals surface area contributed by atoms with Crippen LogP contribution in [0.4, 0.5) is 0 Å². The smallest absolute Gasteiger partial charge is 0.300 e. The van der Waals surface area contributed by atoms with E-state index in [-0.39, 0.29) is 28.9 Å². The summed E-state index contributed by atoms with van der Waals surface area (Å²) in [5, 5.41) is 7.42. The van der Waals surface area contributed by atoms with Gasteiger partial charge in [0.1, 0.15) is 0 Å². The van der Waals surface area contributed by atoms with E-state index in [9.17, 15) is 0 Å². The summed E-state index contributed by atoms with van der Waals surface area (Å²) in [5.74, 6) is -0.833. The van der Waals surface area contributed by atoms with Crippen LogP contribution in [0, 0.1) is 0 Å². The van der Waals surface area contributed by atoms with Crippen molar-refractivity contribution in [3.63, 3.8) is 0 Å². The Kier molecular flexibility index (Phi) is 24.4. The first-order valence-electron chi connectivity index (χ1n) is 0.928. The molecule has 0 saturated carbocycles. The van der Waals surface area contributed by atoms with Gasteiger partial charge in [0.05, 0.1) is 0 Å². The van der Waals surface area contributed by atoms with Gasteiger partial charge in [0.15, 0.2) is 0 Å². The third-order valence-electron chi connectivity index (χ3n) is 0. The third kappa shape index (κ3) is 701. The van der Waals surface area contributed by atoms with Gasteiger partial charge in [0.2, 0.25) is 0 Å². The fraction of sp³-hybridized carbons (Fsp3) is 0.500. The molecular formula is C2H5ClNiO2. The number of carbonyl (C=O) groups is 1. The largest absolute Gasteiger partial charge is 0.481 e. The molecule has 0 aliphatic carbocycles. The molecule has 0 atom stereocenters. The van der Waals surface area contributed by atoms with Gasteiger partial charge in [-0.1, -0.05) is 0 Å². The van der Waals surface area contributed by atoms with Crippen molar-refractivity contribution in [1.82, 2.24) is 0 Å². The van der Waals surface area contributed by atoms with Crippen molar-refractivity contribution in [2.75, 3.05) is 0 Å². The standard InChI is InChI=1S/C2H4O2.ClH.Ni/c1-2(3)4;;/h1H3,(H,3,4);1H;. The predicted octanol–water partition coefficient (Wildman–Crippen LogP) is 0.510. The van der Waals surface area contributed by atoms with Crippen LogP contribution in [-0.4, -0.2) is 11.1 Å². The van der Waals surface area contributed by atoms with Crippen LogP contribution in [0.15, 0.2) is 0 Å². The zero-order valence-electron chi connectivity index (χ0n) is 3.08. The van der Waals surface area contributed by atoms with E-state index in [1.807, 2.05) is 0 Å². The molecule has 0 unspecified atom stereocenters. The van der Waals surface area contributed by atoms with E-state index in [1.165, 1.54) is 0 Å². The van der Waals surface area contributed by atoms with Gasteiger partial charge in [-0.3, -0.25) is 4.79 Å². The van der Waals surface area contributed by atoms with Crippen LogP contribution in [0.1, 0.15) is 6.92 Å². The summed E-state index contributed by atoms with van der Waals surface area (Å²) in [6, 6.07) is 0. The molecular weight excluding hydrogens is 150 g/mol. The molecule has 0 amide bonds. The molecule has 0 radical (unpaired) electrons. The molecule has 0 saturated heterocycles. The van der Waals surface area contributed by atoms with Gasteiger partial charge < -0.3 is 5.11 Å². The SMILES string of the molecule is CC(=O)O.Cl.[Ni]. The number of halogens is 1. The maximum absolute atomic E-state index is 9.00. The van der Waals surface area contributed by atoms with Gasteiger partial charge in [-0.2, -0.15) is 0 Å². The molecule has 0 bridgehead atoms. The van der Waals surface area contributed by atoms with Crippen molar-refractivity contribution in [3.8, 4) is 0 Å². The summed E-state index contributed by atoms with van der Waals surface area (Å²) in [6.07, 6.45) is 0. The minimum absolute atomic E-state index is 0. The van der Waals surface area contributed by atoms with Crippen LogP contribution in [0.3, 0.4) is 0 Å². The number of hydrogen-bond donors (Lipinski definition) is 1. The van der Waals surface area contributed by atoms with E-state index >= 15 is 0 Å². The zero-order chi connectivity index (χ0) is 3.58. The molecule has 0 aliphatic rings. The van der Waals surface area contributed by atoms with E-state index < -0.39 is 5.97 Å². The van der Waals surface area contributed by atoms with Crippen molar-refractivity contribution in [2.24, 2.45) is 0 Å². The average molecular weight is 155 g/mol. The molecule has 0 spiro atoms. The molecule has 0 aromatic heterocycles. The van der Waals surface area contributed by atoms with Crippen LogP contribution in [0.2, 0.25) is 0 Å². The Labute approximate surface area is 52.3 Å². The van der Waals surface area contributed by atoms with Crippen LogP contribution < -0.4 is 0 Å². The molecule has 6 heavy (non-hydrogen) atoms. The fourth-order valence-corrected chi connectivity index (χ4v) is 0. The Bertz CT molecular complexity index is 34.5. The van der Waals surface area contributed by atoms with Gasteiger partial charge >= 0.3 is 0 Å². The molecule has 4 heteroatoms. The fourth-order valence-electron chi connectivity index (χ4n) is 0. The van der Waals surface area contributed by atoms with E-state index in [4.69, 9.17) is 9.90 Å². The van der Waals surface area contributed by atoms with Crippen molar-refractivity contribution in [1.29, 1.82) is 0 Å². The van der Waals surface area contributed by atoms with Gasteiger partial charge in [-0.05, 0) is 0 Å². The van der Waals surface area contributed by atoms with Crippen molar-refractivity contribution in [3.05, 3.63) is 0 Å². The molecule has 2 nitrogen and oxygen atoms in total. The molecule has 42 valence electrons. The minimum Gasteiger partial charge on any atom is -0.481 e. The van der Waals surface area contributed by atoms with Crippen LogP contribution in [0.5, 0.6) is 0 Å². The summed E-state index contributed by atoms with van der Waals surface area (Å²) in [5.41, 5.74) is 0. The normalized spacial score (nSPS) is 4.17. The topological polar surface area (TPSA) is 37.3 Å². The second-order valence-corrected chi connectivity index (χ2v) is 0.519. The Morgan fingerprint density at radius 1 is 1.67 bits per heavy atom. The summed E-state index contributed by atoms with van der Waals surface area (Å²) < 4.78 is 0. The van der Waals surface area contributed by atoms with Gasteiger partial charge in [0.25, 0.3) is 5.97 Å². The summed E-state index contributed by atoms with van der Waals surface area (Å²) in [6.45, 7) is 1.08.